The molecule has 11 heavy (non-hydrogen) atoms. The van der Waals surface area contributed by atoms with E-state index in [0.29, 0.717) is 5.69 Å². The van der Waals surface area contributed by atoms with Crippen molar-refractivity contribution >= 4 is 11.7 Å². The van der Waals surface area contributed by atoms with Crippen LogP contribution in [0.4, 0.5) is 5.69 Å². The quantitative estimate of drug-likeness (QED) is 0.595. The molecule has 5 heteroatoms. The third-order valence-electron chi connectivity index (χ3n) is 1.29. The van der Waals surface area contributed by atoms with Gasteiger partial charge in [-0.15, -0.1) is 0 Å². The molecule has 0 aliphatic rings. The molecule has 0 aliphatic carbocycles. The summed E-state index contributed by atoms with van der Waals surface area (Å²) in [6.45, 7) is 1.63. The van der Waals surface area contributed by atoms with Crippen LogP contribution in [0.5, 0.6) is 0 Å². The van der Waals surface area contributed by atoms with Gasteiger partial charge >= 0.3 is 5.97 Å². The Hall–Kier alpha value is -1.65. The van der Waals surface area contributed by atoms with E-state index in [1.165, 1.54) is 6.33 Å². The van der Waals surface area contributed by atoms with Crippen molar-refractivity contribution in [2.24, 2.45) is 0 Å². The van der Waals surface area contributed by atoms with Crippen molar-refractivity contribution in [2.45, 2.75) is 6.92 Å². The maximum Gasteiger partial charge on any atom is 0.356 e. The predicted molar refractivity (Wildman–Crippen MR) is 38.1 cm³/mol. The summed E-state index contributed by atoms with van der Waals surface area (Å²) in [5.74, 6) is -1.13. The van der Waals surface area contributed by atoms with Gasteiger partial charge in [0.2, 0.25) is 0 Å². The van der Waals surface area contributed by atoms with E-state index in [2.05, 4.69) is 9.97 Å². The number of anilines is 1. The molecule has 0 radical (unpaired) electrons. The molecule has 0 aliphatic heterocycles. The van der Waals surface area contributed by atoms with E-state index < -0.39 is 5.97 Å². The molecule has 0 fully saturated rings. The summed E-state index contributed by atoms with van der Waals surface area (Å²) in [4.78, 5) is 17.6. The first-order valence-corrected chi connectivity index (χ1v) is 2.93. The smallest absolute Gasteiger partial charge is 0.356 e. The van der Waals surface area contributed by atoms with Gasteiger partial charge in [0.25, 0.3) is 0 Å². The Morgan fingerprint density at radius 1 is 1.64 bits per heavy atom. The molecule has 58 valence electrons. The van der Waals surface area contributed by atoms with Crippen LogP contribution in [-0.2, 0) is 0 Å². The predicted octanol–water partition coefficient (Wildman–Crippen LogP) is 0.0654. The van der Waals surface area contributed by atoms with E-state index in [1.54, 1.807) is 6.92 Å². The molecule has 0 atom stereocenters. The molecule has 0 amide bonds. The lowest BCUT2D eigenvalue weighted by Gasteiger charge is -1.99. The maximum absolute atomic E-state index is 10.4. The van der Waals surface area contributed by atoms with Crippen molar-refractivity contribution < 1.29 is 9.90 Å². The minimum absolute atomic E-state index is 0.125. The lowest BCUT2D eigenvalue weighted by molar-refractivity contribution is 0.0691. The van der Waals surface area contributed by atoms with Gasteiger partial charge in [0.05, 0.1) is 11.4 Å². The van der Waals surface area contributed by atoms with Crippen LogP contribution in [0, 0.1) is 6.92 Å². The first-order valence-electron chi connectivity index (χ1n) is 2.93. The highest BCUT2D eigenvalue weighted by atomic mass is 16.4. The van der Waals surface area contributed by atoms with E-state index >= 15 is 0 Å². The highest BCUT2D eigenvalue weighted by Crippen LogP contribution is 2.09. The molecule has 3 N–H and O–H groups in total. The monoisotopic (exact) mass is 153 g/mol. The van der Waals surface area contributed by atoms with E-state index in [0.717, 1.165) is 0 Å². The van der Waals surface area contributed by atoms with Crippen molar-refractivity contribution in [2.75, 3.05) is 5.73 Å². The normalized spacial score (nSPS) is 9.55. The summed E-state index contributed by atoms with van der Waals surface area (Å²) in [6.07, 6.45) is 1.18. The Balaban J connectivity index is 3.27. The zero-order valence-electron chi connectivity index (χ0n) is 5.90. The highest BCUT2D eigenvalue weighted by molar-refractivity contribution is 5.91. The summed E-state index contributed by atoms with van der Waals surface area (Å²) >= 11 is 0. The van der Waals surface area contributed by atoms with Gasteiger partial charge in [0.15, 0.2) is 5.69 Å². The molecule has 0 unspecified atom stereocenters. The molecule has 0 spiro atoms. The topological polar surface area (TPSA) is 89.1 Å². The van der Waals surface area contributed by atoms with Crippen LogP contribution in [0.2, 0.25) is 0 Å². The second-order valence-electron chi connectivity index (χ2n) is 2.03. The van der Waals surface area contributed by atoms with Crippen molar-refractivity contribution in [1.29, 1.82) is 0 Å². The number of carbonyl (C=O) groups is 1. The van der Waals surface area contributed by atoms with E-state index in [4.69, 9.17) is 10.8 Å². The third-order valence-corrected chi connectivity index (χ3v) is 1.29. The highest BCUT2D eigenvalue weighted by Gasteiger charge is 2.10. The molecule has 1 rings (SSSR count). The number of hydrogen-bond acceptors (Lipinski definition) is 4. The minimum atomic E-state index is -1.13. The van der Waals surface area contributed by atoms with Gasteiger partial charge < -0.3 is 10.8 Å². The van der Waals surface area contributed by atoms with Gasteiger partial charge in [-0.1, -0.05) is 0 Å². The molecule has 5 nitrogen and oxygen atoms in total. The lowest BCUT2D eigenvalue weighted by Crippen LogP contribution is -2.07. The number of aryl methyl sites for hydroxylation is 1. The van der Waals surface area contributed by atoms with Crippen LogP contribution in [0.25, 0.3) is 0 Å². The summed E-state index contributed by atoms with van der Waals surface area (Å²) in [6, 6.07) is 0. The third kappa shape index (κ3) is 1.26. The van der Waals surface area contributed by atoms with Crippen LogP contribution in [-0.4, -0.2) is 21.0 Å². The van der Waals surface area contributed by atoms with Gasteiger partial charge in [-0.2, -0.15) is 0 Å². The fraction of sp³-hybridized carbons (Fsp3) is 0.167. The molecule has 0 aromatic carbocycles. The van der Waals surface area contributed by atoms with Gasteiger partial charge in [-0.25, -0.2) is 14.8 Å². The average molecular weight is 153 g/mol. The summed E-state index contributed by atoms with van der Waals surface area (Å²) in [5.41, 5.74) is 5.85. The Morgan fingerprint density at radius 3 is 2.73 bits per heavy atom. The van der Waals surface area contributed by atoms with Gasteiger partial charge in [0.1, 0.15) is 6.33 Å². The number of carboxylic acids is 1. The summed E-state index contributed by atoms with van der Waals surface area (Å²) < 4.78 is 0. The second kappa shape index (κ2) is 2.53. The number of nitrogens with two attached hydrogens (primary N) is 1. The number of aromatic nitrogens is 2. The molecule has 1 aromatic rings. The number of hydrogen-bond donors (Lipinski definition) is 2. The van der Waals surface area contributed by atoms with Gasteiger partial charge in [-0.05, 0) is 6.92 Å². The number of aromatic carboxylic acids is 1. The molecular weight excluding hydrogens is 146 g/mol. The summed E-state index contributed by atoms with van der Waals surface area (Å²) in [7, 11) is 0. The first-order chi connectivity index (χ1) is 5.13. The Morgan fingerprint density at radius 2 is 2.27 bits per heavy atom. The van der Waals surface area contributed by atoms with Gasteiger partial charge in [-0.3, -0.25) is 0 Å². The van der Waals surface area contributed by atoms with Crippen molar-refractivity contribution in [3.63, 3.8) is 0 Å². The lowest BCUT2D eigenvalue weighted by atomic mass is 10.3. The number of carboxylic acid groups (broad SMARTS) is 1. The fourth-order valence-corrected chi connectivity index (χ4v) is 0.654. The molecule has 0 bridgehead atoms. The molecule has 0 saturated heterocycles. The Labute approximate surface area is 62.9 Å². The Bertz CT molecular complexity index is 298. The van der Waals surface area contributed by atoms with E-state index in [9.17, 15) is 4.79 Å². The van der Waals surface area contributed by atoms with Crippen LogP contribution in [0.15, 0.2) is 6.33 Å². The molecule has 1 heterocycles. The van der Waals surface area contributed by atoms with E-state index in [-0.39, 0.29) is 11.4 Å². The van der Waals surface area contributed by atoms with Crippen LogP contribution >= 0.6 is 0 Å². The van der Waals surface area contributed by atoms with Crippen LogP contribution in [0.1, 0.15) is 16.2 Å². The van der Waals surface area contributed by atoms with E-state index in [1.807, 2.05) is 0 Å². The number of nitrogen functional groups attached to an aromatic ring is 1. The largest absolute Gasteiger partial charge is 0.476 e. The average Bonchev–Trinajstić information content (AvgIpc) is 1.94. The number of rotatable bonds is 1. The standard InChI is InChI=1S/C6H7N3O2/c1-3-4(7)5(6(10)11)9-2-8-3/h2H,7H2,1H3,(H,10,11). The SMILES string of the molecule is Cc1ncnc(C(=O)O)c1N. The summed E-state index contributed by atoms with van der Waals surface area (Å²) in [5, 5.41) is 8.52. The molecule has 0 saturated carbocycles. The molecule has 1 aromatic heterocycles. The molecular formula is C6H7N3O2. The fourth-order valence-electron chi connectivity index (χ4n) is 0.654. The maximum atomic E-state index is 10.4. The minimum Gasteiger partial charge on any atom is -0.476 e. The van der Waals surface area contributed by atoms with Crippen molar-refractivity contribution in [1.82, 2.24) is 9.97 Å². The Kier molecular flexibility index (Phi) is 1.72. The zero-order chi connectivity index (χ0) is 8.43. The first kappa shape index (κ1) is 7.46. The van der Waals surface area contributed by atoms with Crippen molar-refractivity contribution in [3.05, 3.63) is 17.7 Å². The van der Waals surface area contributed by atoms with Gasteiger partial charge in [0, 0.05) is 0 Å². The zero-order valence-corrected chi connectivity index (χ0v) is 5.90. The van der Waals surface area contributed by atoms with Crippen molar-refractivity contribution in [3.8, 4) is 0 Å². The second-order valence-corrected chi connectivity index (χ2v) is 2.03. The number of nitrogens with zero attached hydrogens (tertiary/aromatic N) is 2. The van der Waals surface area contributed by atoms with Crippen LogP contribution in [0.3, 0.4) is 0 Å². The van der Waals surface area contributed by atoms with Crippen LogP contribution < -0.4 is 5.73 Å².